The fraction of sp³-hybridized carbons (Fsp3) is 0.238. The smallest absolute Gasteiger partial charge is 0.170 e. The summed E-state index contributed by atoms with van der Waals surface area (Å²) in [6.45, 7) is 5.03. The van der Waals surface area contributed by atoms with Crippen LogP contribution in [0.25, 0.3) is 0 Å². The standard InChI is InChI=1S/C21H21IN4S/c1-13-17(18(22)14(2)24-13)20-19(16-10-6-7-11-23-16)25-21(27)26(20)12-15-8-4-3-5-9-15/h3-11,19-20,24H,12H2,1-2H3,(H,25,27). The van der Waals surface area contributed by atoms with E-state index in [1.807, 2.05) is 24.4 Å². The van der Waals surface area contributed by atoms with Crippen molar-refractivity contribution in [2.75, 3.05) is 0 Å². The van der Waals surface area contributed by atoms with Crippen LogP contribution >= 0.6 is 34.8 Å². The zero-order valence-electron chi connectivity index (χ0n) is 15.2. The molecule has 0 radical (unpaired) electrons. The molecule has 1 fully saturated rings. The van der Waals surface area contributed by atoms with Gasteiger partial charge in [-0.15, -0.1) is 0 Å². The Hall–Kier alpha value is -1.93. The van der Waals surface area contributed by atoms with Crippen LogP contribution in [0.4, 0.5) is 0 Å². The fourth-order valence-corrected chi connectivity index (χ4v) is 4.95. The number of aromatic amines is 1. The van der Waals surface area contributed by atoms with E-state index >= 15 is 0 Å². The van der Waals surface area contributed by atoms with Gasteiger partial charge in [0, 0.05) is 33.3 Å². The van der Waals surface area contributed by atoms with Crippen LogP contribution in [-0.2, 0) is 6.54 Å². The van der Waals surface area contributed by atoms with Crippen molar-refractivity contribution in [1.29, 1.82) is 0 Å². The van der Waals surface area contributed by atoms with E-state index in [0.717, 1.165) is 17.4 Å². The van der Waals surface area contributed by atoms with Gasteiger partial charge in [0.15, 0.2) is 5.11 Å². The maximum atomic E-state index is 5.76. The second-order valence-electron chi connectivity index (χ2n) is 6.84. The average molecular weight is 488 g/mol. The summed E-state index contributed by atoms with van der Waals surface area (Å²) in [7, 11) is 0. The molecule has 4 nitrogen and oxygen atoms in total. The molecule has 1 aliphatic rings. The summed E-state index contributed by atoms with van der Waals surface area (Å²) in [4.78, 5) is 10.4. The molecule has 3 heterocycles. The summed E-state index contributed by atoms with van der Waals surface area (Å²) < 4.78 is 1.26. The molecule has 1 aromatic carbocycles. The van der Waals surface area contributed by atoms with Crippen LogP contribution < -0.4 is 5.32 Å². The Balaban J connectivity index is 1.80. The summed E-state index contributed by atoms with van der Waals surface area (Å²) in [5.74, 6) is 0. The fourth-order valence-electron chi connectivity index (χ4n) is 3.79. The van der Waals surface area contributed by atoms with Crippen molar-refractivity contribution >= 4 is 39.9 Å². The first-order chi connectivity index (χ1) is 13.1. The molecule has 138 valence electrons. The second kappa shape index (κ2) is 7.59. The van der Waals surface area contributed by atoms with Crippen LogP contribution in [0.1, 0.15) is 40.3 Å². The first kappa shape index (κ1) is 18.4. The molecule has 0 amide bonds. The van der Waals surface area contributed by atoms with Gasteiger partial charge in [0.2, 0.25) is 0 Å². The van der Waals surface area contributed by atoms with E-state index in [4.69, 9.17) is 12.2 Å². The van der Waals surface area contributed by atoms with Gasteiger partial charge in [0.05, 0.1) is 17.8 Å². The number of H-pyrrole nitrogens is 1. The van der Waals surface area contributed by atoms with Gasteiger partial charge in [0.1, 0.15) is 0 Å². The molecule has 3 aromatic rings. The van der Waals surface area contributed by atoms with Crippen molar-refractivity contribution in [2.45, 2.75) is 32.5 Å². The number of benzene rings is 1. The van der Waals surface area contributed by atoms with Gasteiger partial charge >= 0.3 is 0 Å². The maximum Gasteiger partial charge on any atom is 0.170 e. The molecule has 0 aliphatic carbocycles. The number of halogens is 1. The SMILES string of the molecule is Cc1[nH]c(C)c(C2C(c3ccccn3)NC(=S)N2Cc2ccccc2)c1I. The first-order valence-electron chi connectivity index (χ1n) is 8.93. The second-order valence-corrected chi connectivity index (χ2v) is 8.31. The van der Waals surface area contributed by atoms with E-state index < -0.39 is 0 Å². The highest BCUT2D eigenvalue weighted by Crippen LogP contribution is 2.43. The summed E-state index contributed by atoms with van der Waals surface area (Å²) in [6, 6.07) is 16.6. The summed E-state index contributed by atoms with van der Waals surface area (Å²) in [6.07, 6.45) is 1.84. The third-order valence-electron chi connectivity index (χ3n) is 5.03. The van der Waals surface area contributed by atoms with Crippen molar-refractivity contribution in [3.05, 3.63) is 86.5 Å². The van der Waals surface area contributed by atoms with E-state index in [-0.39, 0.29) is 12.1 Å². The van der Waals surface area contributed by atoms with Crippen LogP contribution in [-0.4, -0.2) is 20.0 Å². The molecule has 2 unspecified atom stereocenters. The minimum Gasteiger partial charge on any atom is -0.362 e. The highest BCUT2D eigenvalue weighted by molar-refractivity contribution is 14.1. The van der Waals surface area contributed by atoms with Gasteiger partial charge in [-0.25, -0.2) is 0 Å². The van der Waals surface area contributed by atoms with Crippen molar-refractivity contribution < 1.29 is 0 Å². The Labute approximate surface area is 178 Å². The van der Waals surface area contributed by atoms with E-state index in [9.17, 15) is 0 Å². The first-order valence-corrected chi connectivity index (χ1v) is 10.4. The monoisotopic (exact) mass is 488 g/mol. The third kappa shape index (κ3) is 3.48. The number of thiocarbonyl (C=S) groups is 1. The number of nitrogens with zero attached hydrogens (tertiary/aromatic N) is 2. The number of rotatable bonds is 4. The normalized spacial score (nSPS) is 19.4. The third-order valence-corrected chi connectivity index (χ3v) is 6.78. The molecule has 2 aromatic heterocycles. The van der Waals surface area contributed by atoms with Crippen molar-refractivity contribution in [3.63, 3.8) is 0 Å². The Morgan fingerprint density at radius 2 is 1.81 bits per heavy atom. The van der Waals surface area contributed by atoms with E-state index in [0.29, 0.717) is 0 Å². The predicted molar refractivity (Wildman–Crippen MR) is 120 cm³/mol. The van der Waals surface area contributed by atoms with Crippen molar-refractivity contribution in [1.82, 2.24) is 20.2 Å². The van der Waals surface area contributed by atoms with Crippen LogP contribution in [0.3, 0.4) is 0 Å². The molecule has 1 saturated heterocycles. The quantitative estimate of drug-likeness (QED) is 0.409. The van der Waals surface area contributed by atoms with Crippen LogP contribution in [0.15, 0.2) is 54.7 Å². The number of hydrogen-bond acceptors (Lipinski definition) is 2. The Morgan fingerprint density at radius 1 is 1.07 bits per heavy atom. The van der Waals surface area contributed by atoms with Gasteiger partial charge in [-0.1, -0.05) is 36.4 Å². The van der Waals surface area contributed by atoms with Gasteiger partial charge in [-0.2, -0.15) is 0 Å². The van der Waals surface area contributed by atoms with Crippen molar-refractivity contribution in [2.24, 2.45) is 0 Å². The van der Waals surface area contributed by atoms with Gasteiger partial charge < -0.3 is 15.2 Å². The lowest BCUT2D eigenvalue weighted by Gasteiger charge is -2.28. The lowest BCUT2D eigenvalue weighted by Crippen LogP contribution is -2.29. The highest BCUT2D eigenvalue weighted by atomic mass is 127. The van der Waals surface area contributed by atoms with Crippen molar-refractivity contribution in [3.8, 4) is 0 Å². The van der Waals surface area contributed by atoms with E-state index in [2.05, 4.69) is 87.0 Å². The summed E-state index contributed by atoms with van der Waals surface area (Å²) in [5.41, 5.74) is 5.93. The largest absolute Gasteiger partial charge is 0.362 e. The van der Waals surface area contributed by atoms with E-state index in [1.54, 1.807) is 0 Å². The van der Waals surface area contributed by atoms with Gasteiger partial charge in [-0.05, 0) is 66.4 Å². The Kier molecular flexibility index (Phi) is 5.19. The molecule has 6 heteroatoms. The lowest BCUT2D eigenvalue weighted by molar-refractivity contribution is 0.309. The Bertz CT molecular complexity index is 955. The van der Waals surface area contributed by atoms with Gasteiger partial charge in [0.25, 0.3) is 0 Å². The number of aryl methyl sites for hydroxylation is 2. The number of hydrogen-bond donors (Lipinski definition) is 2. The molecule has 2 N–H and O–H groups in total. The summed E-state index contributed by atoms with van der Waals surface area (Å²) >= 11 is 8.21. The minimum atomic E-state index is 0.0184. The molecule has 0 bridgehead atoms. The average Bonchev–Trinajstić information content (AvgIpc) is 3.12. The highest BCUT2D eigenvalue weighted by Gasteiger charge is 2.42. The minimum absolute atomic E-state index is 0.0184. The van der Waals surface area contributed by atoms with E-state index in [1.165, 1.54) is 26.1 Å². The number of aromatic nitrogens is 2. The summed E-state index contributed by atoms with van der Waals surface area (Å²) in [5, 5.41) is 4.30. The lowest BCUT2D eigenvalue weighted by atomic mass is 9.96. The predicted octanol–water partition coefficient (Wildman–Crippen LogP) is 4.80. The molecule has 0 saturated carbocycles. The zero-order valence-corrected chi connectivity index (χ0v) is 18.2. The molecule has 27 heavy (non-hydrogen) atoms. The molecule has 0 spiro atoms. The van der Waals surface area contributed by atoms with Crippen LogP contribution in [0, 0.1) is 17.4 Å². The zero-order chi connectivity index (χ0) is 19.0. The molecule has 4 rings (SSSR count). The molecular weight excluding hydrogens is 467 g/mol. The van der Waals surface area contributed by atoms with Gasteiger partial charge in [-0.3, -0.25) is 4.98 Å². The maximum absolute atomic E-state index is 5.76. The van der Waals surface area contributed by atoms with Crippen LogP contribution in [0.2, 0.25) is 0 Å². The number of nitrogens with one attached hydrogen (secondary N) is 2. The molecular formula is C21H21IN4S. The number of pyridine rings is 1. The Morgan fingerprint density at radius 3 is 2.44 bits per heavy atom. The molecule has 1 aliphatic heterocycles. The molecule has 2 atom stereocenters. The van der Waals surface area contributed by atoms with Crippen LogP contribution in [0.5, 0.6) is 0 Å². The topological polar surface area (TPSA) is 44.0 Å².